The van der Waals surface area contributed by atoms with E-state index >= 15 is 0 Å². The lowest BCUT2D eigenvalue weighted by molar-refractivity contribution is 0.132. The topological polar surface area (TPSA) is 51.7 Å². The Labute approximate surface area is 162 Å². The number of pyridine rings is 1. The number of cyclic esters (lactones) is 1. The van der Waals surface area contributed by atoms with Gasteiger partial charge in [-0.25, -0.2) is 14.2 Å². The molecule has 5 nitrogen and oxygen atoms in total. The van der Waals surface area contributed by atoms with Crippen LogP contribution in [0.4, 0.5) is 9.18 Å². The summed E-state index contributed by atoms with van der Waals surface area (Å²) in [6, 6.07) is 19.4. The minimum atomic E-state index is -0.376. The number of amides is 1. The van der Waals surface area contributed by atoms with Crippen LogP contribution in [-0.2, 0) is 17.9 Å². The van der Waals surface area contributed by atoms with Gasteiger partial charge in [-0.15, -0.1) is 0 Å². The van der Waals surface area contributed by atoms with Gasteiger partial charge in [-0.1, -0.05) is 42.5 Å². The lowest BCUT2D eigenvalue weighted by Crippen LogP contribution is -2.23. The highest BCUT2D eigenvalue weighted by Gasteiger charge is 2.32. The summed E-state index contributed by atoms with van der Waals surface area (Å²) in [6.07, 6.45) is 0.947. The molecule has 6 heteroatoms. The van der Waals surface area contributed by atoms with Gasteiger partial charge in [0.1, 0.15) is 18.5 Å². The van der Waals surface area contributed by atoms with Crippen LogP contribution in [0.5, 0.6) is 5.88 Å². The highest BCUT2D eigenvalue weighted by Crippen LogP contribution is 2.27. The molecule has 0 radical (unpaired) electrons. The summed E-state index contributed by atoms with van der Waals surface area (Å²) in [5.41, 5.74) is 2.81. The fourth-order valence-corrected chi connectivity index (χ4v) is 3.04. The second-order valence-electron chi connectivity index (χ2n) is 6.58. The summed E-state index contributed by atoms with van der Waals surface area (Å²) in [4.78, 5) is 17.9. The van der Waals surface area contributed by atoms with E-state index in [9.17, 15) is 9.18 Å². The molecule has 0 aliphatic carbocycles. The summed E-state index contributed by atoms with van der Waals surface area (Å²) in [5.74, 6) is 0.273. The van der Waals surface area contributed by atoms with E-state index in [0.717, 1.165) is 16.7 Å². The Hall–Kier alpha value is -3.41. The Morgan fingerprint density at radius 3 is 2.50 bits per heavy atom. The van der Waals surface area contributed by atoms with Crippen LogP contribution in [0.2, 0.25) is 0 Å². The molecule has 0 spiro atoms. The van der Waals surface area contributed by atoms with Crippen molar-refractivity contribution in [3.63, 3.8) is 0 Å². The molecule has 1 unspecified atom stereocenters. The highest BCUT2D eigenvalue weighted by molar-refractivity contribution is 5.70. The van der Waals surface area contributed by atoms with Crippen molar-refractivity contribution in [3.05, 3.63) is 95.4 Å². The zero-order chi connectivity index (χ0) is 19.3. The van der Waals surface area contributed by atoms with Crippen LogP contribution in [-0.4, -0.2) is 22.5 Å². The van der Waals surface area contributed by atoms with Crippen LogP contribution in [0.15, 0.2) is 72.9 Å². The first-order chi connectivity index (χ1) is 13.7. The molecule has 0 saturated carbocycles. The minimum absolute atomic E-state index is 0.308. The zero-order valence-corrected chi connectivity index (χ0v) is 15.1. The molecule has 0 bridgehead atoms. The quantitative estimate of drug-likeness (QED) is 0.634. The lowest BCUT2D eigenvalue weighted by atomic mass is 10.1. The Bertz CT molecular complexity index is 930. The molecule has 1 fully saturated rings. The summed E-state index contributed by atoms with van der Waals surface area (Å²) in [7, 11) is 0. The number of halogens is 1. The molecule has 1 amide bonds. The number of nitrogens with zero attached hydrogens (tertiary/aromatic N) is 2. The van der Waals surface area contributed by atoms with E-state index in [1.54, 1.807) is 23.2 Å². The maximum Gasteiger partial charge on any atom is 0.410 e. The second-order valence-corrected chi connectivity index (χ2v) is 6.58. The van der Waals surface area contributed by atoms with E-state index < -0.39 is 0 Å². The molecule has 0 N–H and O–H groups in total. The van der Waals surface area contributed by atoms with Gasteiger partial charge in [-0.2, -0.15) is 0 Å². The third kappa shape index (κ3) is 4.28. The number of ether oxygens (including phenoxy) is 2. The molecule has 3 aromatic rings. The average molecular weight is 378 g/mol. The number of rotatable bonds is 6. The van der Waals surface area contributed by atoms with Gasteiger partial charge < -0.3 is 9.47 Å². The van der Waals surface area contributed by atoms with Crippen LogP contribution in [0.25, 0.3) is 0 Å². The predicted octanol–water partition coefficient (Wildman–Crippen LogP) is 4.49. The molecule has 1 aliphatic rings. The summed E-state index contributed by atoms with van der Waals surface area (Å²) in [5, 5.41) is 0. The number of benzene rings is 2. The maximum atomic E-state index is 13.1. The van der Waals surface area contributed by atoms with E-state index in [-0.39, 0.29) is 18.0 Å². The maximum absolute atomic E-state index is 13.1. The molecule has 1 aliphatic heterocycles. The van der Waals surface area contributed by atoms with Crippen LogP contribution in [0.1, 0.15) is 22.8 Å². The smallest absolute Gasteiger partial charge is 0.410 e. The van der Waals surface area contributed by atoms with Crippen LogP contribution >= 0.6 is 0 Å². The first-order valence-corrected chi connectivity index (χ1v) is 9.00. The molecule has 1 aromatic heterocycles. The number of carbonyl (C=O) groups excluding carboxylic acids is 1. The molecule has 28 heavy (non-hydrogen) atoms. The molecule has 2 heterocycles. The van der Waals surface area contributed by atoms with Gasteiger partial charge in [0.2, 0.25) is 5.88 Å². The van der Waals surface area contributed by atoms with Crippen molar-refractivity contribution < 1.29 is 18.7 Å². The van der Waals surface area contributed by atoms with Crippen LogP contribution < -0.4 is 4.74 Å². The van der Waals surface area contributed by atoms with Gasteiger partial charge >= 0.3 is 6.09 Å². The van der Waals surface area contributed by atoms with E-state index in [0.29, 0.717) is 25.6 Å². The number of hydrogen-bond acceptors (Lipinski definition) is 4. The standard InChI is InChI=1S/C22H19FN2O3/c23-19-10-8-18(9-11-19)20-14-25(22(26)28-20)13-16-4-6-17(7-5-16)15-27-21-3-1-2-12-24-21/h1-12,20H,13-15H2. The lowest BCUT2D eigenvalue weighted by Gasteiger charge is -2.13. The molecular formula is C22H19FN2O3. The summed E-state index contributed by atoms with van der Waals surface area (Å²) >= 11 is 0. The van der Waals surface area contributed by atoms with Gasteiger partial charge in [0.25, 0.3) is 0 Å². The molecule has 1 atom stereocenters. The zero-order valence-electron chi connectivity index (χ0n) is 15.1. The van der Waals surface area contributed by atoms with Crippen molar-refractivity contribution in [1.29, 1.82) is 0 Å². The SMILES string of the molecule is O=C1OC(c2ccc(F)cc2)CN1Cc1ccc(COc2ccccn2)cc1. The number of hydrogen-bond donors (Lipinski definition) is 0. The van der Waals surface area contributed by atoms with E-state index in [1.807, 2.05) is 42.5 Å². The number of aromatic nitrogens is 1. The van der Waals surface area contributed by atoms with Crippen molar-refractivity contribution in [3.8, 4) is 5.88 Å². The van der Waals surface area contributed by atoms with Crippen molar-refractivity contribution in [2.45, 2.75) is 19.3 Å². The number of carbonyl (C=O) groups is 1. The largest absolute Gasteiger partial charge is 0.473 e. The fourth-order valence-electron chi connectivity index (χ4n) is 3.04. The predicted molar refractivity (Wildman–Crippen MR) is 101 cm³/mol. The Morgan fingerprint density at radius 2 is 1.79 bits per heavy atom. The Balaban J connectivity index is 1.34. The highest BCUT2D eigenvalue weighted by atomic mass is 19.1. The molecule has 2 aromatic carbocycles. The van der Waals surface area contributed by atoms with Crippen LogP contribution in [0.3, 0.4) is 0 Å². The van der Waals surface area contributed by atoms with Crippen LogP contribution in [0, 0.1) is 5.82 Å². The average Bonchev–Trinajstić information content (AvgIpc) is 3.09. The van der Waals surface area contributed by atoms with E-state index in [1.165, 1.54) is 12.1 Å². The van der Waals surface area contributed by atoms with Gasteiger partial charge in [0.05, 0.1) is 6.54 Å². The van der Waals surface area contributed by atoms with E-state index in [4.69, 9.17) is 9.47 Å². The van der Waals surface area contributed by atoms with Crippen molar-refractivity contribution in [2.75, 3.05) is 6.54 Å². The van der Waals surface area contributed by atoms with Gasteiger partial charge in [-0.3, -0.25) is 4.90 Å². The minimum Gasteiger partial charge on any atom is -0.473 e. The molecule has 1 saturated heterocycles. The summed E-state index contributed by atoms with van der Waals surface area (Å²) in [6.45, 7) is 1.32. The van der Waals surface area contributed by atoms with Gasteiger partial charge in [0, 0.05) is 18.8 Å². The molecule has 142 valence electrons. The Kier molecular flexibility index (Phi) is 5.19. The third-order valence-corrected chi connectivity index (χ3v) is 4.55. The monoisotopic (exact) mass is 378 g/mol. The Morgan fingerprint density at radius 1 is 1.04 bits per heavy atom. The first-order valence-electron chi connectivity index (χ1n) is 9.00. The summed E-state index contributed by atoms with van der Waals surface area (Å²) < 4.78 is 24.1. The fraction of sp³-hybridized carbons (Fsp3) is 0.182. The molecule has 4 rings (SSSR count). The second kappa shape index (κ2) is 8.08. The first kappa shape index (κ1) is 18.0. The van der Waals surface area contributed by atoms with Gasteiger partial charge in [0.15, 0.2) is 0 Å². The molecular weight excluding hydrogens is 359 g/mol. The normalized spacial score (nSPS) is 16.1. The van der Waals surface area contributed by atoms with Crippen molar-refractivity contribution >= 4 is 6.09 Å². The third-order valence-electron chi connectivity index (χ3n) is 4.55. The van der Waals surface area contributed by atoms with E-state index in [2.05, 4.69) is 4.98 Å². The van der Waals surface area contributed by atoms with Crippen molar-refractivity contribution in [1.82, 2.24) is 9.88 Å². The van der Waals surface area contributed by atoms with Crippen molar-refractivity contribution in [2.24, 2.45) is 0 Å². The van der Waals surface area contributed by atoms with Gasteiger partial charge in [-0.05, 0) is 34.9 Å².